The first-order valence-electron chi connectivity index (χ1n) is 6.14. The van der Waals surface area contributed by atoms with Crippen LogP contribution in [-0.2, 0) is 10.0 Å². The Hall–Kier alpha value is -2.14. The maximum absolute atomic E-state index is 12.1. The molecule has 0 saturated heterocycles. The summed E-state index contributed by atoms with van der Waals surface area (Å²) in [4.78, 5) is 0. The highest BCUT2D eigenvalue weighted by Crippen LogP contribution is 2.40. The summed E-state index contributed by atoms with van der Waals surface area (Å²) in [6.07, 6.45) is 0.191. The molecule has 0 saturated carbocycles. The van der Waals surface area contributed by atoms with Crippen molar-refractivity contribution in [2.24, 2.45) is 0 Å². The Labute approximate surface area is 124 Å². The third-order valence-corrected chi connectivity index (χ3v) is 4.52. The van der Waals surface area contributed by atoms with Gasteiger partial charge in [0.05, 0.1) is 33.1 Å². The van der Waals surface area contributed by atoms with Crippen LogP contribution < -0.4 is 18.9 Å². The standard InChI is InChI=1S/C13H18N2O5S/c1-5-10(8-14)21(16,17)15-9-6-11(18-2)13(20-4)12(7-9)19-3/h6-7,10,15H,5H2,1-4H3. The van der Waals surface area contributed by atoms with Crippen LogP contribution in [0.15, 0.2) is 12.1 Å². The van der Waals surface area contributed by atoms with Gasteiger partial charge in [-0.25, -0.2) is 8.42 Å². The molecule has 0 radical (unpaired) electrons. The molecule has 0 heterocycles. The number of ether oxygens (including phenoxy) is 3. The van der Waals surface area contributed by atoms with Gasteiger partial charge in [0.1, 0.15) is 0 Å². The summed E-state index contributed by atoms with van der Waals surface area (Å²) in [6.45, 7) is 1.63. The van der Waals surface area contributed by atoms with Crippen molar-refractivity contribution >= 4 is 15.7 Å². The van der Waals surface area contributed by atoms with E-state index in [9.17, 15) is 8.42 Å². The third-order valence-electron chi connectivity index (χ3n) is 2.81. The zero-order valence-corrected chi connectivity index (χ0v) is 13.2. The van der Waals surface area contributed by atoms with Gasteiger partial charge in [-0.05, 0) is 6.42 Å². The van der Waals surface area contributed by atoms with Crippen LogP contribution in [0.5, 0.6) is 17.2 Å². The van der Waals surface area contributed by atoms with E-state index in [1.165, 1.54) is 33.5 Å². The largest absolute Gasteiger partial charge is 0.493 e. The fraction of sp³-hybridized carbons (Fsp3) is 0.462. The Bertz CT molecular complexity index is 611. The second-order valence-corrected chi connectivity index (χ2v) is 5.95. The topological polar surface area (TPSA) is 97.7 Å². The molecule has 1 rings (SSSR count). The van der Waals surface area contributed by atoms with E-state index in [4.69, 9.17) is 19.5 Å². The Morgan fingerprint density at radius 2 is 1.71 bits per heavy atom. The average Bonchev–Trinajstić information content (AvgIpc) is 2.46. The van der Waals surface area contributed by atoms with Crippen molar-refractivity contribution < 1.29 is 22.6 Å². The summed E-state index contributed by atoms with van der Waals surface area (Å²) in [5, 5.41) is 7.76. The van der Waals surface area contributed by atoms with Gasteiger partial charge in [0, 0.05) is 12.1 Å². The number of methoxy groups -OCH3 is 3. The van der Waals surface area contributed by atoms with Crippen LogP contribution in [0.3, 0.4) is 0 Å². The first kappa shape index (κ1) is 16.9. The van der Waals surface area contributed by atoms with Crippen LogP contribution >= 0.6 is 0 Å². The monoisotopic (exact) mass is 314 g/mol. The fourth-order valence-corrected chi connectivity index (χ4v) is 2.92. The van der Waals surface area contributed by atoms with Crippen molar-refractivity contribution in [1.82, 2.24) is 0 Å². The fourth-order valence-electron chi connectivity index (χ4n) is 1.76. The predicted octanol–water partition coefficient (Wildman–Crippen LogP) is 1.76. The first-order chi connectivity index (χ1) is 9.93. The van der Waals surface area contributed by atoms with E-state index in [0.29, 0.717) is 17.2 Å². The van der Waals surface area contributed by atoms with E-state index < -0.39 is 15.3 Å². The number of nitrogens with zero attached hydrogens (tertiary/aromatic N) is 1. The first-order valence-corrected chi connectivity index (χ1v) is 7.69. The number of benzene rings is 1. The van der Waals surface area contributed by atoms with Crippen molar-refractivity contribution in [3.63, 3.8) is 0 Å². The van der Waals surface area contributed by atoms with E-state index in [1.54, 1.807) is 13.0 Å². The molecule has 0 bridgehead atoms. The van der Waals surface area contributed by atoms with Crippen LogP contribution in [0.2, 0.25) is 0 Å². The third kappa shape index (κ3) is 3.70. The van der Waals surface area contributed by atoms with Crippen molar-refractivity contribution in [2.45, 2.75) is 18.6 Å². The van der Waals surface area contributed by atoms with Crippen molar-refractivity contribution in [1.29, 1.82) is 5.26 Å². The van der Waals surface area contributed by atoms with Gasteiger partial charge in [0.15, 0.2) is 16.7 Å². The molecule has 1 aromatic rings. The summed E-state index contributed by atoms with van der Waals surface area (Å²) < 4.78 is 41.9. The number of hydrogen-bond donors (Lipinski definition) is 1. The molecule has 0 amide bonds. The van der Waals surface area contributed by atoms with Crippen molar-refractivity contribution in [3.05, 3.63) is 12.1 Å². The highest BCUT2D eigenvalue weighted by atomic mass is 32.2. The number of nitriles is 1. The molecule has 21 heavy (non-hydrogen) atoms. The molecule has 0 aliphatic rings. The zero-order chi connectivity index (χ0) is 16.0. The Morgan fingerprint density at radius 1 is 1.19 bits per heavy atom. The molecular weight excluding hydrogens is 296 g/mol. The summed E-state index contributed by atoms with van der Waals surface area (Å²) in [5.41, 5.74) is 0.234. The Morgan fingerprint density at radius 3 is 2.05 bits per heavy atom. The van der Waals surface area contributed by atoms with Crippen molar-refractivity contribution in [2.75, 3.05) is 26.1 Å². The summed E-state index contributed by atoms with van der Waals surface area (Å²) >= 11 is 0. The molecule has 0 aliphatic heterocycles. The lowest BCUT2D eigenvalue weighted by molar-refractivity contribution is 0.324. The second kappa shape index (κ2) is 7.04. The molecule has 0 fully saturated rings. The molecule has 7 nitrogen and oxygen atoms in total. The van der Waals surface area contributed by atoms with Gasteiger partial charge in [-0.3, -0.25) is 4.72 Å². The van der Waals surface area contributed by atoms with Crippen LogP contribution in [0, 0.1) is 11.3 Å². The van der Waals surface area contributed by atoms with Gasteiger partial charge in [-0.2, -0.15) is 5.26 Å². The minimum Gasteiger partial charge on any atom is -0.493 e. The van der Waals surface area contributed by atoms with Crippen molar-refractivity contribution in [3.8, 4) is 23.3 Å². The maximum Gasteiger partial charge on any atom is 0.249 e. The van der Waals surface area contributed by atoms with E-state index in [-0.39, 0.29) is 12.1 Å². The lowest BCUT2D eigenvalue weighted by atomic mass is 10.2. The highest BCUT2D eigenvalue weighted by Gasteiger charge is 2.24. The van der Waals surface area contributed by atoms with E-state index >= 15 is 0 Å². The molecule has 116 valence electrons. The van der Waals surface area contributed by atoms with Crippen LogP contribution in [-0.4, -0.2) is 35.0 Å². The number of sulfonamides is 1. The summed E-state index contributed by atoms with van der Waals surface area (Å²) in [7, 11) is 0.504. The number of rotatable bonds is 7. The Kier molecular flexibility index (Phi) is 5.67. The van der Waals surface area contributed by atoms with E-state index in [2.05, 4.69) is 4.72 Å². The molecule has 0 aliphatic carbocycles. The molecular formula is C13H18N2O5S. The second-order valence-electron chi connectivity index (χ2n) is 4.09. The molecule has 8 heteroatoms. The van der Waals surface area contributed by atoms with Gasteiger partial charge >= 0.3 is 0 Å². The molecule has 0 aromatic heterocycles. The zero-order valence-electron chi connectivity index (χ0n) is 12.3. The maximum atomic E-state index is 12.1. The van der Waals surface area contributed by atoms with Gasteiger partial charge in [0.2, 0.25) is 15.8 Å². The van der Waals surface area contributed by atoms with Crippen LogP contribution in [0.25, 0.3) is 0 Å². The van der Waals surface area contributed by atoms with Gasteiger partial charge in [-0.1, -0.05) is 6.92 Å². The van der Waals surface area contributed by atoms with Crippen LogP contribution in [0.4, 0.5) is 5.69 Å². The minimum absolute atomic E-state index is 0.191. The van der Waals surface area contributed by atoms with Gasteiger partial charge in [-0.15, -0.1) is 0 Å². The Balaban J connectivity index is 3.24. The molecule has 1 N–H and O–H groups in total. The lowest BCUT2D eigenvalue weighted by Gasteiger charge is -2.16. The molecule has 1 atom stereocenters. The van der Waals surface area contributed by atoms with Crippen LogP contribution in [0.1, 0.15) is 13.3 Å². The summed E-state index contributed by atoms with van der Waals surface area (Å²) in [6, 6.07) is 4.68. The van der Waals surface area contributed by atoms with E-state index in [0.717, 1.165) is 0 Å². The van der Waals surface area contributed by atoms with Gasteiger partial charge in [0.25, 0.3) is 0 Å². The smallest absolute Gasteiger partial charge is 0.249 e. The van der Waals surface area contributed by atoms with E-state index in [1.807, 2.05) is 0 Å². The minimum atomic E-state index is -3.81. The lowest BCUT2D eigenvalue weighted by Crippen LogP contribution is -2.26. The molecule has 1 aromatic carbocycles. The predicted molar refractivity (Wildman–Crippen MR) is 78.3 cm³/mol. The van der Waals surface area contributed by atoms with Gasteiger partial charge < -0.3 is 14.2 Å². The number of nitrogens with one attached hydrogen (secondary N) is 1. The number of anilines is 1. The number of hydrogen-bond acceptors (Lipinski definition) is 6. The normalized spacial score (nSPS) is 12.1. The molecule has 1 unspecified atom stereocenters. The average molecular weight is 314 g/mol. The quantitative estimate of drug-likeness (QED) is 0.823. The molecule has 0 spiro atoms. The SMILES string of the molecule is CCC(C#N)S(=O)(=O)Nc1cc(OC)c(OC)c(OC)c1. The highest BCUT2D eigenvalue weighted by molar-refractivity contribution is 7.93. The summed E-state index contributed by atoms with van der Waals surface area (Å²) in [5.74, 6) is 0.995.